The van der Waals surface area contributed by atoms with Crippen LogP contribution in [0, 0.1) is 5.92 Å². The Morgan fingerprint density at radius 1 is 1.48 bits per heavy atom. The average molecular weight is 388 g/mol. The first-order valence-electron chi connectivity index (χ1n) is 9.47. The summed E-state index contributed by atoms with van der Waals surface area (Å²) in [6.45, 7) is 4.27. The Balaban J connectivity index is 1.49. The number of imidazole rings is 1. The van der Waals surface area contributed by atoms with Gasteiger partial charge in [0.1, 0.15) is 5.82 Å². The molecule has 1 fully saturated rings. The zero-order valence-electron chi connectivity index (χ0n) is 15.8. The molecule has 6 nitrogen and oxygen atoms in total. The molecule has 1 aromatic rings. The maximum absolute atomic E-state index is 12.8. The summed E-state index contributed by atoms with van der Waals surface area (Å²) in [6.07, 6.45) is 0.0824. The van der Waals surface area contributed by atoms with E-state index in [4.69, 9.17) is 4.74 Å². The van der Waals surface area contributed by atoms with Crippen LogP contribution in [0.1, 0.15) is 37.7 Å². The maximum Gasteiger partial charge on any atom is 0.434 e. The van der Waals surface area contributed by atoms with Gasteiger partial charge in [-0.3, -0.25) is 9.69 Å². The molecule has 152 valence electrons. The van der Waals surface area contributed by atoms with Crippen LogP contribution in [0.25, 0.3) is 0 Å². The fourth-order valence-corrected chi connectivity index (χ4v) is 3.73. The molecule has 0 unspecified atom stereocenters. The Kier molecular flexibility index (Phi) is 6.10. The molecule has 1 amide bonds. The first-order chi connectivity index (χ1) is 12.7. The number of nitrogens with one attached hydrogen (secondary N) is 1. The lowest BCUT2D eigenvalue weighted by atomic mass is 9.98. The van der Waals surface area contributed by atoms with Crippen molar-refractivity contribution in [2.24, 2.45) is 5.92 Å². The molecular formula is C18H27F3N4O2. The van der Waals surface area contributed by atoms with Crippen molar-refractivity contribution in [2.75, 3.05) is 26.7 Å². The number of carbonyl (C=O) groups is 1. The second-order valence-corrected chi connectivity index (χ2v) is 7.59. The van der Waals surface area contributed by atoms with Crippen LogP contribution in [-0.2, 0) is 28.7 Å². The molecule has 1 N–H and O–H groups in total. The van der Waals surface area contributed by atoms with Gasteiger partial charge in [-0.05, 0) is 39.2 Å². The predicted molar refractivity (Wildman–Crippen MR) is 93.1 cm³/mol. The molecule has 27 heavy (non-hydrogen) atoms. The fourth-order valence-electron chi connectivity index (χ4n) is 3.73. The summed E-state index contributed by atoms with van der Waals surface area (Å²) in [6, 6.07) is -0.304. The monoisotopic (exact) mass is 388 g/mol. The zero-order valence-corrected chi connectivity index (χ0v) is 15.8. The molecule has 3 rings (SSSR count). The van der Waals surface area contributed by atoms with Crippen molar-refractivity contribution < 1.29 is 22.7 Å². The molecule has 0 aliphatic carbocycles. The van der Waals surface area contributed by atoms with Crippen molar-refractivity contribution >= 4 is 5.91 Å². The molecule has 2 aliphatic heterocycles. The number of nitrogens with zero attached hydrogens (tertiary/aromatic N) is 3. The first kappa shape index (κ1) is 20.1. The number of rotatable bonds is 6. The summed E-state index contributed by atoms with van der Waals surface area (Å²) in [5.74, 6) is 0.626. The lowest BCUT2D eigenvalue weighted by Gasteiger charge is -2.31. The topological polar surface area (TPSA) is 59.4 Å². The highest BCUT2D eigenvalue weighted by Crippen LogP contribution is 2.30. The zero-order chi connectivity index (χ0) is 19.6. The Bertz CT molecular complexity index is 656. The number of aryl methyl sites for hydroxylation is 1. The van der Waals surface area contributed by atoms with E-state index in [-0.39, 0.29) is 24.0 Å². The Hall–Kier alpha value is -1.61. The second-order valence-electron chi connectivity index (χ2n) is 7.59. The number of fused-ring (bicyclic) bond motifs is 1. The van der Waals surface area contributed by atoms with Crippen molar-refractivity contribution in [3.8, 4) is 0 Å². The van der Waals surface area contributed by atoms with Crippen molar-refractivity contribution in [2.45, 2.75) is 57.5 Å². The molecular weight excluding hydrogens is 361 g/mol. The highest BCUT2D eigenvalue weighted by Gasteiger charge is 2.36. The van der Waals surface area contributed by atoms with E-state index in [2.05, 4.69) is 10.3 Å². The molecule has 0 spiro atoms. The summed E-state index contributed by atoms with van der Waals surface area (Å²) in [7, 11) is 1.88. The van der Waals surface area contributed by atoms with Gasteiger partial charge in [-0.25, -0.2) is 4.98 Å². The van der Waals surface area contributed by atoms with Gasteiger partial charge in [0.05, 0.1) is 12.1 Å². The average Bonchev–Trinajstić information content (AvgIpc) is 3.27. The van der Waals surface area contributed by atoms with Gasteiger partial charge in [0, 0.05) is 38.9 Å². The van der Waals surface area contributed by atoms with Gasteiger partial charge < -0.3 is 14.6 Å². The first-order valence-corrected chi connectivity index (χ1v) is 9.47. The second kappa shape index (κ2) is 8.18. The number of carbonyl (C=O) groups excluding carboxylic acids is 1. The number of halogens is 3. The summed E-state index contributed by atoms with van der Waals surface area (Å²) in [5, 5.41) is 2.93. The molecule has 0 radical (unpaired) electrons. The molecule has 3 heterocycles. The summed E-state index contributed by atoms with van der Waals surface area (Å²) >= 11 is 0. The van der Waals surface area contributed by atoms with Crippen LogP contribution in [-0.4, -0.2) is 59.2 Å². The summed E-state index contributed by atoms with van der Waals surface area (Å²) in [5.41, 5.74) is -0.826. The highest BCUT2D eigenvalue weighted by atomic mass is 19.4. The third kappa shape index (κ3) is 5.01. The number of hydrogen-bond acceptors (Lipinski definition) is 4. The number of aromatic nitrogens is 2. The van der Waals surface area contributed by atoms with Crippen molar-refractivity contribution in [1.82, 2.24) is 19.8 Å². The molecule has 1 aromatic heterocycles. The largest absolute Gasteiger partial charge is 0.434 e. The van der Waals surface area contributed by atoms with Gasteiger partial charge >= 0.3 is 6.18 Å². The minimum atomic E-state index is -4.41. The highest BCUT2D eigenvalue weighted by molar-refractivity contribution is 5.81. The van der Waals surface area contributed by atoms with Gasteiger partial charge in [0.15, 0.2) is 5.69 Å². The number of likely N-dealkylation sites (N-methyl/N-ethyl adjacent to an activating group) is 1. The van der Waals surface area contributed by atoms with Crippen LogP contribution < -0.4 is 5.32 Å². The Labute approximate surface area is 157 Å². The number of amides is 1. The van der Waals surface area contributed by atoms with E-state index in [1.807, 2.05) is 18.9 Å². The van der Waals surface area contributed by atoms with Crippen LogP contribution in [0.15, 0.2) is 6.20 Å². The fraction of sp³-hybridized carbons (Fsp3) is 0.778. The predicted octanol–water partition coefficient (Wildman–Crippen LogP) is 2.08. The number of alkyl halides is 3. The van der Waals surface area contributed by atoms with Gasteiger partial charge in [-0.1, -0.05) is 0 Å². The molecule has 0 bridgehead atoms. The maximum atomic E-state index is 12.8. The van der Waals surface area contributed by atoms with E-state index in [0.717, 1.165) is 32.1 Å². The standard InChI is InChI=1S/C18H27F3N4O2/c1-12(17(26)22-8-14-4-3-7-27-14)24(2)9-13-5-6-16-23-15(18(19,20)21)11-25(16)10-13/h11-14H,3-10H2,1-2H3,(H,22,26)/t12-,13+,14+/m1/s1. The molecule has 3 atom stereocenters. The van der Waals surface area contributed by atoms with Gasteiger partial charge in [0.25, 0.3) is 0 Å². The third-order valence-electron chi connectivity index (χ3n) is 5.50. The van der Waals surface area contributed by atoms with Crippen LogP contribution in [0.4, 0.5) is 13.2 Å². The third-order valence-corrected chi connectivity index (χ3v) is 5.50. The van der Waals surface area contributed by atoms with Gasteiger partial charge in [-0.15, -0.1) is 0 Å². The van der Waals surface area contributed by atoms with Crippen molar-refractivity contribution in [3.05, 3.63) is 17.7 Å². The van der Waals surface area contributed by atoms with Crippen molar-refractivity contribution in [3.63, 3.8) is 0 Å². The Morgan fingerprint density at radius 2 is 2.26 bits per heavy atom. The Morgan fingerprint density at radius 3 is 2.93 bits per heavy atom. The SMILES string of the molecule is C[C@H](C(=O)NC[C@@H]1CCCO1)N(C)C[C@@H]1CCc2nc(C(F)(F)F)cn2C1. The summed E-state index contributed by atoms with van der Waals surface area (Å²) in [4.78, 5) is 18.0. The van der Waals surface area contributed by atoms with E-state index in [1.165, 1.54) is 0 Å². The van der Waals surface area contributed by atoms with Gasteiger partial charge in [-0.2, -0.15) is 13.2 Å². The smallest absolute Gasteiger partial charge is 0.376 e. The van der Waals surface area contributed by atoms with Gasteiger partial charge in [0.2, 0.25) is 5.91 Å². The molecule has 0 aromatic carbocycles. The quantitative estimate of drug-likeness (QED) is 0.811. The summed E-state index contributed by atoms with van der Waals surface area (Å²) < 4.78 is 45.6. The van der Waals surface area contributed by atoms with E-state index in [1.54, 1.807) is 4.57 Å². The van der Waals surface area contributed by atoms with Crippen LogP contribution in [0.5, 0.6) is 0 Å². The molecule has 9 heteroatoms. The van der Waals surface area contributed by atoms with Crippen LogP contribution in [0.2, 0.25) is 0 Å². The molecule has 1 saturated heterocycles. The van der Waals surface area contributed by atoms with Crippen LogP contribution >= 0.6 is 0 Å². The van der Waals surface area contributed by atoms with Crippen molar-refractivity contribution in [1.29, 1.82) is 0 Å². The normalized spacial score (nSPS) is 24.1. The minimum Gasteiger partial charge on any atom is -0.376 e. The molecule has 0 saturated carbocycles. The molecule has 2 aliphatic rings. The minimum absolute atomic E-state index is 0.0495. The number of ether oxygens (including phenoxy) is 1. The lowest BCUT2D eigenvalue weighted by molar-refractivity contribution is -0.141. The van der Waals surface area contributed by atoms with E-state index in [9.17, 15) is 18.0 Å². The lowest BCUT2D eigenvalue weighted by Crippen LogP contribution is -2.47. The van der Waals surface area contributed by atoms with E-state index in [0.29, 0.717) is 31.9 Å². The van der Waals surface area contributed by atoms with E-state index < -0.39 is 11.9 Å². The van der Waals surface area contributed by atoms with E-state index >= 15 is 0 Å². The van der Waals surface area contributed by atoms with Crippen LogP contribution in [0.3, 0.4) is 0 Å². The number of hydrogen-bond donors (Lipinski definition) is 1.